The Bertz CT molecular complexity index is 125. The van der Waals surface area contributed by atoms with Gasteiger partial charge in [-0.3, -0.25) is 4.79 Å². The fourth-order valence-corrected chi connectivity index (χ4v) is 0.742. The van der Waals surface area contributed by atoms with Gasteiger partial charge in [-0.2, -0.15) is 0 Å². The van der Waals surface area contributed by atoms with E-state index in [1.165, 1.54) is 14.0 Å². The Morgan fingerprint density at radius 2 is 2.27 bits per heavy atom. The van der Waals surface area contributed by atoms with Crippen molar-refractivity contribution in [3.05, 3.63) is 0 Å². The van der Waals surface area contributed by atoms with Crippen LogP contribution in [0.25, 0.3) is 0 Å². The highest BCUT2D eigenvalue weighted by atomic mass is 16.5. The van der Waals surface area contributed by atoms with Crippen molar-refractivity contribution in [2.24, 2.45) is 0 Å². The van der Waals surface area contributed by atoms with E-state index in [0.29, 0.717) is 6.61 Å². The number of carbonyl (C=O) groups is 1. The summed E-state index contributed by atoms with van der Waals surface area (Å²) >= 11 is 0. The first kappa shape index (κ1) is 10.4. The molecule has 0 spiro atoms. The minimum atomic E-state index is -0.584. The number of methoxy groups -OCH3 is 1. The first-order valence-corrected chi connectivity index (χ1v) is 3.52. The number of aliphatic hydroxyl groups is 1. The van der Waals surface area contributed by atoms with Crippen LogP contribution < -0.4 is 5.32 Å². The number of hydrogen-bond donors (Lipinski definition) is 2. The standard InChI is InChI=1S/C7H15NO3/c1-5(9)7(4-11-3)8-6(2)10/h5,7,9H,4H2,1-3H3,(H,8,10). The largest absolute Gasteiger partial charge is 0.391 e. The van der Waals surface area contributed by atoms with Crippen molar-refractivity contribution in [2.75, 3.05) is 13.7 Å². The zero-order chi connectivity index (χ0) is 8.85. The summed E-state index contributed by atoms with van der Waals surface area (Å²) in [5.41, 5.74) is 0. The average Bonchev–Trinajstić information content (AvgIpc) is 1.86. The van der Waals surface area contributed by atoms with Gasteiger partial charge in [0.1, 0.15) is 0 Å². The molecule has 2 atom stereocenters. The summed E-state index contributed by atoms with van der Waals surface area (Å²) in [6.07, 6.45) is -0.584. The molecule has 0 saturated heterocycles. The van der Waals surface area contributed by atoms with Crippen molar-refractivity contribution in [3.63, 3.8) is 0 Å². The van der Waals surface area contributed by atoms with E-state index in [1.807, 2.05) is 0 Å². The second-order valence-electron chi connectivity index (χ2n) is 2.50. The van der Waals surface area contributed by atoms with Crippen molar-refractivity contribution in [1.29, 1.82) is 0 Å². The fourth-order valence-electron chi connectivity index (χ4n) is 0.742. The molecule has 2 unspecified atom stereocenters. The second-order valence-corrected chi connectivity index (χ2v) is 2.50. The minimum Gasteiger partial charge on any atom is -0.391 e. The molecule has 0 fully saturated rings. The van der Waals surface area contributed by atoms with E-state index in [2.05, 4.69) is 5.32 Å². The highest BCUT2D eigenvalue weighted by Crippen LogP contribution is 1.92. The molecule has 66 valence electrons. The van der Waals surface area contributed by atoms with Gasteiger partial charge >= 0.3 is 0 Å². The molecular weight excluding hydrogens is 146 g/mol. The Kier molecular flexibility index (Phi) is 4.81. The number of aliphatic hydroxyl groups excluding tert-OH is 1. The topological polar surface area (TPSA) is 58.6 Å². The van der Waals surface area contributed by atoms with E-state index in [4.69, 9.17) is 9.84 Å². The number of rotatable bonds is 4. The van der Waals surface area contributed by atoms with Crippen molar-refractivity contribution in [2.45, 2.75) is 26.0 Å². The third kappa shape index (κ3) is 4.75. The van der Waals surface area contributed by atoms with Gasteiger partial charge in [0.15, 0.2) is 0 Å². The lowest BCUT2D eigenvalue weighted by atomic mass is 10.2. The van der Waals surface area contributed by atoms with E-state index in [9.17, 15) is 4.79 Å². The number of nitrogens with one attached hydrogen (secondary N) is 1. The molecule has 0 aromatic heterocycles. The summed E-state index contributed by atoms with van der Waals surface area (Å²) in [6, 6.07) is -0.308. The van der Waals surface area contributed by atoms with Gasteiger partial charge in [0, 0.05) is 14.0 Å². The smallest absolute Gasteiger partial charge is 0.217 e. The number of hydrogen-bond acceptors (Lipinski definition) is 3. The Hall–Kier alpha value is -0.610. The molecule has 0 aliphatic carbocycles. The number of ether oxygens (including phenoxy) is 1. The molecule has 0 heterocycles. The summed E-state index contributed by atoms with van der Waals surface area (Å²) < 4.78 is 4.79. The molecule has 0 aromatic carbocycles. The van der Waals surface area contributed by atoms with Crippen molar-refractivity contribution in [3.8, 4) is 0 Å². The molecule has 2 N–H and O–H groups in total. The van der Waals surface area contributed by atoms with Gasteiger partial charge in [-0.25, -0.2) is 0 Å². The summed E-state index contributed by atoms with van der Waals surface area (Å²) in [5, 5.41) is 11.7. The lowest BCUT2D eigenvalue weighted by Crippen LogP contribution is -2.44. The van der Waals surface area contributed by atoms with Crippen LogP contribution >= 0.6 is 0 Å². The summed E-state index contributed by atoms with van der Waals surface area (Å²) in [6.45, 7) is 3.35. The molecule has 1 amide bonds. The van der Waals surface area contributed by atoms with Crippen LogP contribution in [0.2, 0.25) is 0 Å². The molecule has 0 aliphatic heterocycles. The second kappa shape index (κ2) is 5.09. The zero-order valence-electron chi connectivity index (χ0n) is 7.13. The van der Waals surface area contributed by atoms with E-state index < -0.39 is 6.10 Å². The van der Waals surface area contributed by atoms with Gasteiger partial charge in [0.05, 0.1) is 18.8 Å². The van der Waals surface area contributed by atoms with Gasteiger partial charge in [0.2, 0.25) is 5.91 Å². The highest BCUT2D eigenvalue weighted by Gasteiger charge is 2.14. The maximum Gasteiger partial charge on any atom is 0.217 e. The zero-order valence-corrected chi connectivity index (χ0v) is 7.13. The van der Waals surface area contributed by atoms with Crippen LogP contribution in [-0.4, -0.2) is 36.9 Å². The van der Waals surface area contributed by atoms with Crippen LogP contribution in [-0.2, 0) is 9.53 Å². The van der Waals surface area contributed by atoms with Crippen LogP contribution in [0.15, 0.2) is 0 Å². The Morgan fingerprint density at radius 1 is 1.73 bits per heavy atom. The van der Waals surface area contributed by atoms with Crippen molar-refractivity contribution < 1.29 is 14.6 Å². The third-order valence-corrected chi connectivity index (χ3v) is 1.32. The normalized spacial score (nSPS) is 15.6. The third-order valence-electron chi connectivity index (χ3n) is 1.32. The van der Waals surface area contributed by atoms with Crippen LogP contribution in [0.1, 0.15) is 13.8 Å². The lowest BCUT2D eigenvalue weighted by molar-refractivity contribution is -0.121. The molecule has 0 saturated carbocycles. The molecule has 0 bridgehead atoms. The fraction of sp³-hybridized carbons (Fsp3) is 0.857. The van der Waals surface area contributed by atoms with Crippen LogP contribution in [0.5, 0.6) is 0 Å². The molecule has 0 radical (unpaired) electrons. The minimum absolute atomic E-state index is 0.159. The van der Waals surface area contributed by atoms with Crippen LogP contribution in [0.3, 0.4) is 0 Å². The van der Waals surface area contributed by atoms with Crippen molar-refractivity contribution >= 4 is 5.91 Å². The first-order chi connectivity index (χ1) is 5.07. The van der Waals surface area contributed by atoms with Crippen LogP contribution in [0, 0.1) is 0 Å². The quantitative estimate of drug-likeness (QED) is 0.585. The summed E-state index contributed by atoms with van der Waals surface area (Å²) in [7, 11) is 1.52. The van der Waals surface area contributed by atoms with Gasteiger partial charge in [-0.1, -0.05) is 0 Å². The van der Waals surface area contributed by atoms with Gasteiger partial charge in [0.25, 0.3) is 0 Å². The SMILES string of the molecule is COCC(NC(C)=O)C(C)O. The predicted octanol–water partition coefficient (Wildman–Crippen LogP) is -0.482. The first-order valence-electron chi connectivity index (χ1n) is 3.52. The van der Waals surface area contributed by atoms with E-state index in [0.717, 1.165) is 0 Å². The van der Waals surface area contributed by atoms with Crippen LogP contribution in [0.4, 0.5) is 0 Å². The monoisotopic (exact) mass is 161 g/mol. The highest BCUT2D eigenvalue weighted by molar-refractivity contribution is 5.73. The lowest BCUT2D eigenvalue weighted by Gasteiger charge is -2.19. The molecule has 0 aliphatic rings. The van der Waals surface area contributed by atoms with E-state index in [-0.39, 0.29) is 11.9 Å². The maximum absolute atomic E-state index is 10.6. The Morgan fingerprint density at radius 3 is 2.55 bits per heavy atom. The molecule has 0 aromatic rings. The maximum atomic E-state index is 10.6. The number of carbonyl (C=O) groups excluding carboxylic acids is 1. The Balaban J connectivity index is 3.79. The van der Waals surface area contributed by atoms with E-state index in [1.54, 1.807) is 6.92 Å². The van der Waals surface area contributed by atoms with Gasteiger partial charge in [-0.05, 0) is 6.92 Å². The van der Waals surface area contributed by atoms with Crippen molar-refractivity contribution in [1.82, 2.24) is 5.32 Å². The molecule has 4 heteroatoms. The number of amides is 1. The van der Waals surface area contributed by atoms with Gasteiger partial charge < -0.3 is 15.2 Å². The average molecular weight is 161 g/mol. The molecule has 11 heavy (non-hydrogen) atoms. The predicted molar refractivity (Wildman–Crippen MR) is 41.2 cm³/mol. The molecular formula is C7H15NO3. The molecule has 4 nitrogen and oxygen atoms in total. The Labute approximate surface area is 66.5 Å². The molecule has 0 rings (SSSR count). The van der Waals surface area contributed by atoms with E-state index >= 15 is 0 Å². The summed E-state index contributed by atoms with van der Waals surface area (Å²) in [5.74, 6) is -0.159. The summed E-state index contributed by atoms with van der Waals surface area (Å²) in [4.78, 5) is 10.6. The van der Waals surface area contributed by atoms with Gasteiger partial charge in [-0.15, -0.1) is 0 Å².